The van der Waals surface area contributed by atoms with Crippen LogP contribution in [0.25, 0.3) is 0 Å². The minimum Gasteiger partial charge on any atom is -0.477 e. The highest BCUT2D eigenvalue weighted by Crippen LogP contribution is 2.29. The summed E-state index contributed by atoms with van der Waals surface area (Å²) in [5.74, 6) is -1.03. The number of nitrogens with one attached hydrogen (secondary N) is 1. The van der Waals surface area contributed by atoms with Gasteiger partial charge in [0.15, 0.2) is 12.4 Å². The number of nitro groups is 1. The lowest BCUT2D eigenvalue weighted by atomic mass is 10.2. The number of halogens is 2. The van der Waals surface area contributed by atoms with Crippen molar-refractivity contribution in [1.29, 1.82) is 0 Å². The second-order valence-electron chi connectivity index (χ2n) is 4.53. The first-order valence-electron chi connectivity index (χ1n) is 6.54. The smallest absolute Gasteiger partial charge is 0.312 e. The van der Waals surface area contributed by atoms with Gasteiger partial charge >= 0.3 is 5.69 Å². The van der Waals surface area contributed by atoms with Crippen LogP contribution in [0.2, 0.25) is 5.02 Å². The van der Waals surface area contributed by atoms with Gasteiger partial charge in [0, 0.05) is 23.2 Å². The summed E-state index contributed by atoms with van der Waals surface area (Å²) >= 11 is 5.68. The van der Waals surface area contributed by atoms with E-state index in [1.807, 2.05) is 0 Å². The van der Waals surface area contributed by atoms with Crippen molar-refractivity contribution in [2.24, 2.45) is 0 Å². The molecule has 6 nitrogen and oxygen atoms in total. The van der Waals surface area contributed by atoms with Gasteiger partial charge < -0.3 is 10.1 Å². The van der Waals surface area contributed by atoms with Gasteiger partial charge in [-0.05, 0) is 18.2 Å². The van der Waals surface area contributed by atoms with Gasteiger partial charge in [0.1, 0.15) is 5.82 Å². The zero-order valence-electron chi connectivity index (χ0n) is 11.8. The molecule has 0 aliphatic heterocycles. The van der Waals surface area contributed by atoms with E-state index in [2.05, 4.69) is 5.32 Å². The molecule has 0 atom stereocenters. The maximum absolute atomic E-state index is 13.4. The summed E-state index contributed by atoms with van der Waals surface area (Å²) in [6, 6.07) is 9.89. The minimum atomic E-state index is -0.654. The topological polar surface area (TPSA) is 81.5 Å². The van der Waals surface area contributed by atoms with Crippen molar-refractivity contribution in [3.05, 3.63) is 69.0 Å². The third kappa shape index (κ3) is 4.65. The first-order chi connectivity index (χ1) is 11.0. The first-order valence-corrected chi connectivity index (χ1v) is 6.92. The maximum atomic E-state index is 13.4. The fourth-order valence-electron chi connectivity index (χ4n) is 1.79. The molecule has 0 unspecified atom stereocenters. The Morgan fingerprint density at radius 1 is 1.30 bits per heavy atom. The number of nitro benzene ring substituents is 1. The van der Waals surface area contributed by atoms with Crippen molar-refractivity contribution < 1.29 is 18.8 Å². The molecule has 0 bridgehead atoms. The van der Waals surface area contributed by atoms with E-state index in [0.29, 0.717) is 5.56 Å². The fraction of sp³-hybridized carbons (Fsp3) is 0.133. The van der Waals surface area contributed by atoms with Crippen LogP contribution in [0.5, 0.6) is 5.75 Å². The molecule has 8 heteroatoms. The van der Waals surface area contributed by atoms with Gasteiger partial charge in [-0.3, -0.25) is 14.9 Å². The molecule has 1 amide bonds. The van der Waals surface area contributed by atoms with Crippen LogP contribution < -0.4 is 10.1 Å². The van der Waals surface area contributed by atoms with Gasteiger partial charge in [0.05, 0.1) is 4.92 Å². The van der Waals surface area contributed by atoms with Crippen molar-refractivity contribution >= 4 is 23.2 Å². The van der Waals surface area contributed by atoms with Crippen LogP contribution in [0.15, 0.2) is 42.5 Å². The Morgan fingerprint density at radius 3 is 2.74 bits per heavy atom. The number of ether oxygens (including phenoxy) is 1. The Labute approximate surface area is 136 Å². The second-order valence-corrected chi connectivity index (χ2v) is 4.96. The maximum Gasteiger partial charge on any atom is 0.312 e. The van der Waals surface area contributed by atoms with E-state index in [0.717, 1.165) is 6.07 Å². The quantitative estimate of drug-likeness (QED) is 0.648. The predicted molar refractivity (Wildman–Crippen MR) is 81.8 cm³/mol. The van der Waals surface area contributed by atoms with Crippen molar-refractivity contribution in [2.45, 2.75) is 6.54 Å². The molecule has 0 spiro atoms. The molecule has 0 heterocycles. The van der Waals surface area contributed by atoms with E-state index in [1.54, 1.807) is 18.2 Å². The van der Waals surface area contributed by atoms with Crippen LogP contribution in [0, 0.1) is 15.9 Å². The number of hydrogen-bond acceptors (Lipinski definition) is 4. The number of carbonyl (C=O) groups excluding carboxylic acids is 1. The average molecular weight is 339 g/mol. The molecular weight excluding hydrogens is 327 g/mol. The summed E-state index contributed by atoms with van der Waals surface area (Å²) in [4.78, 5) is 21.9. The standard InChI is InChI=1S/C15H12ClFN2O4/c16-11-5-6-14(13(7-11)19(21)22)23-9-15(20)18-8-10-3-1-2-4-12(10)17/h1-7H,8-9H2,(H,18,20). The third-order valence-corrected chi connectivity index (χ3v) is 3.15. The molecule has 2 aromatic carbocycles. The van der Waals surface area contributed by atoms with E-state index < -0.39 is 23.3 Å². The predicted octanol–water partition coefficient (Wildman–Crippen LogP) is 3.08. The number of hydrogen-bond donors (Lipinski definition) is 1. The monoisotopic (exact) mass is 338 g/mol. The third-order valence-electron chi connectivity index (χ3n) is 2.91. The average Bonchev–Trinajstić information content (AvgIpc) is 2.52. The summed E-state index contributed by atoms with van der Waals surface area (Å²) in [6.45, 7) is -0.436. The molecule has 120 valence electrons. The van der Waals surface area contributed by atoms with Crippen LogP contribution in [0.3, 0.4) is 0 Å². The number of nitrogens with zero attached hydrogens (tertiary/aromatic N) is 1. The Balaban J connectivity index is 1.92. The van der Waals surface area contributed by atoms with Crippen LogP contribution in [-0.2, 0) is 11.3 Å². The second kappa shape index (κ2) is 7.55. The zero-order valence-corrected chi connectivity index (χ0v) is 12.5. The van der Waals surface area contributed by atoms with E-state index in [-0.39, 0.29) is 23.0 Å². The van der Waals surface area contributed by atoms with Crippen molar-refractivity contribution in [1.82, 2.24) is 5.32 Å². The molecule has 0 aliphatic rings. The molecule has 0 fully saturated rings. The molecule has 23 heavy (non-hydrogen) atoms. The highest BCUT2D eigenvalue weighted by atomic mass is 35.5. The molecule has 0 aromatic heterocycles. The van der Waals surface area contributed by atoms with Crippen LogP contribution in [-0.4, -0.2) is 17.4 Å². The number of carbonyl (C=O) groups is 1. The van der Waals surface area contributed by atoms with E-state index in [1.165, 1.54) is 18.2 Å². The van der Waals surface area contributed by atoms with Crippen LogP contribution >= 0.6 is 11.6 Å². The molecule has 0 saturated carbocycles. The highest BCUT2D eigenvalue weighted by molar-refractivity contribution is 6.30. The SMILES string of the molecule is O=C(COc1ccc(Cl)cc1[N+](=O)[O-])NCc1ccccc1F. The van der Waals surface area contributed by atoms with Crippen molar-refractivity contribution in [2.75, 3.05) is 6.61 Å². The Bertz CT molecular complexity index is 739. The zero-order chi connectivity index (χ0) is 16.8. The van der Waals surface area contributed by atoms with Gasteiger partial charge in [-0.15, -0.1) is 0 Å². The largest absolute Gasteiger partial charge is 0.477 e. The Morgan fingerprint density at radius 2 is 2.04 bits per heavy atom. The van der Waals surface area contributed by atoms with Crippen molar-refractivity contribution in [3.8, 4) is 5.75 Å². The molecule has 0 radical (unpaired) electrons. The first kappa shape index (κ1) is 16.7. The molecule has 2 rings (SSSR count). The minimum absolute atomic E-state index is 0.00240. The van der Waals surface area contributed by atoms with Gasteiger partial charge in [0.25, 0.3) is 5.91 Å². The van der Waals surface area contributed by atoms with E-state index in [4.69, 9.17) is 16.3 Å². The molecule has 0 saturated heterocycles. The van der Waals surface area contributed by atoms with Crippen molar-refractivity contribution in [3.63, 3.8) is 0 Å². The van der Waals surface area contributed by atoms with Crippen LogP contribution in [0.1, 0.15) is 5.56 Å². The molecule has 1 N–H and O–H groups in total. The fourth-order valence-corrected chi connectivity index (χ4v) is 1.95. The lowest BCUT2D eigenvalue weighted by molar-refractivity contribution is -0.385. The molecule has 0 aliphatic carbocycles. The van der Waals surface area contributed by atoms with Gasteiger partial charge in [-0.2, -0.15) is 0 Å². The molecule has 2 aromatic rings. The molecular formula is C15H12ClFN2O4. The summed E-state index contributed by atoms with van der Waals surface area (Å²) in [5.41, 5.74) is -0.00210. The summed E-state index contributed by atoms with van der Waals surface area (Å²) in [7, 11) is 0. The lowest BCUT2D eigenvalue weighted by Crippen LogP contribution is -2.28. The van der Waals surface area contributed by atoms with E-state index >= 15 is 0 Å². The Kier molecular flexibility index (Phi) is 5.48. The summed E-state index contributed by atoms with van der Waals surface area (Å²) in [5, 5.41) is 13.5. The van der Waals surface area contributed by atoms with Gasteiger partial charge in [-0.25, -0.2) is 4.39 Å². The highest BCUT2D eigenvalue weighted by Gasteiger charge is 2.16. The summed E-state index contributed by atoms with van der Waals surface area (Å²) in [6.07, 6.45) is 0. The number of amides is 1. The Hall–Kier alpha value is -2.67. The van der Waals surface area contributed by atoms with Crippen LogP contribution in [0.4, 0.5) is 10.1 Å². The van der Waals surface area contributed by atoms with Gasteiger partial charge in [0.2, 0.25) is 0 Å². The number of benzene rings is 2. The normalized spacial score (nSPS) is 10.2. The number of rotatable bonds is 6. The van der Waals surface area contributed by atoms with E-state index in [9.17, 15) is 19.3 Å². The lowest BCUT2D eigenvalue weighted by Gasteiger charge is -2.08. The summed E-state index contributed by atoms with van der Waals surface area (Å²) < 4.78 is 18.5. The van der Waals surface area contributed by atoms with Gasteiger partial charge in [-0.1, -0.05) is 29.8 Å².